The third kappa shape index (κ3) is 6.95. The summed E-state index contributed by atoms with van der Waals surface area (Å²) in [5.74, 6) is 0. The van der Waals surface area contributed by atoms with Crippen molar-refractivity contribution in [2.75, 3.05) is 13.2 Å². The van der Waals surface area contributed by atoms with E-state index in [0.29, 0.717) is 0 Å². The molecule has 2 rings (SSSR count). The van der Waals surface area contributed by atoms with E-state index in [4.69, 9.17) is 4.74 Å². The molecule has 4 heteroatoms. The Kier molecular flexibility index (Phi) is 9.21. The first-order chi connectivity index (χ1) is 7.80. The summed E-state index contributed by atoms with van der Waals surface area (Å²) in [6.45, 7) is 6.00. The average molecular weight is 225 g/mol. The van der Waals surface area contributed by atoms with Gasteiger partial charge in [0, 0.05) is 25.3 Å². The summed E-state index contributed by atoms with van der Waals surface area (Å²) in [6, 6.07) is 7.93. The smallest absolute Gasteiger partial charge is 0.269 e. The predicted molar refractivity (Wildman–Crippen MR) is 64.5 cm³/mol. The van der Waals surface area contributed by atoms with Crippen LogP contribution in [-0.2, 0) is 4.74 Å². The van der Waals surface area contributed by atoms with Gasteiger partial charge in [-0.15, -0.1) is 0 Å². The minimum atomic E-state index is -0.417. The second kappa shape index (κ2) is 10.1. The lowest BCUT2D eigenvalue weighted by molar-refractivity contribution is -0.384. The van der Waals surface area contributed by atoms with Crippen LogP contribution in [0.15, 0.2) is 30.3 Å². The van der Waals surface area contributed by atoms with Gasteiger partial charge in [0.05, 0.1) is 4.92 Å². The van der Waals surface area contributed by atoms with Crippen LogP contribution in [0.2, 0.25) is 0 Å². The van der Waals surface area contributed by atoms with E-state index in [-0.39, 0.29) is 5.69 Å². The van der Waals surface area contributed by atoms with Crippen LogP contribution in [0.1, 0.15) is 26.7 Å². The number of nitro benzene ring substituents is 1. The van der Waals surface area contributed by atoms with Crippen molar-refractivity contribution in [3.8, 4) is 0 Å². The number of rotatable bonds is 1. The average Bonchev–Trinajstić information content (AvgIpc) is 2.91. The van der Waals surface area contributed by atoms with Crippen molar-refractivity contribution in [3.63, 3.8) is 0 Å². The minimum absolute atomic E-state index is 0.137. The van der Waals surface area contributed by atoms with Gasteiger partial charge in [-0.1, -0.05) is 32.0 Å². The van der Waals surface area contributed by atoms with E-state index in [1.165, 1.54) is 25.0 Å². The molecule has 0 radical (unpaired) electrons. The third-order valence-corrected chi connectivity index (χ3v) is 1.79. The number of hydrogen-bond acceptors (Lipinski definition) is 3. The van der Waals surface area contributed by atoms with E-state index in [0.717, 1.165) is 13.2 Å². The summed E-state index contributed by atoms with van der Waals surface area (Å²) in [5, 5.41) is 10.0. The van der Waals surface area contributed by atoms with Crippen LogP contribution in [0.3, 0.4) is 0 Å². The highest BCUT2D eigenvalue weighted by Crippen LogP contribution is 2.06. The zero-order valence-electron chi connectivity index (χ0n) is 9.89. The molecule has 0 N–H and O–H groups in total. The van der Waals surface area contributed by atoms with Crippen LogP contribution < -0.4 is 0 Å². The molecule has 16 heavy (non-hydrogen) atoms. The Morgan fingerprint density at radius 1 is 1.12 bits per heavy atom. The first-order valence-electron chi connectivity index (χ1n) is 5.58. The molecule has 90 valence electrons. The maximum absolute atomic E-state index is 10.0. The normalized spacial score (nSPS) is 12.9. The molecular weight excluding hydrogens is 206 g/mol. The van der Waals surface area contributed by atoms with Crippen molar-refractivity contribution in [1.29, 1.82) is 0 Å². The molecule has 0 unspecified atom stereocenters. The first kappa shape index (κ1) is 14.6. The van der Waals surface area contributed by atoms with Gasteiger partial charge in [-0.2, -0.15) is 0 Å². The van der Waals surface area contributed by atoms with Gasteiger partial charge in [-0.3, -0.25) is 10.1 Å². The zero-order valence-corrected chi connectivity index (χ0v) is 9.89. The molecular formula is C12H19NO3. The van der Waals surface area contributed by atoms with E-state index in [1.807, 2.05) is 13.8 Å². The lowest BCUT2D eigenvalue weighted by Gasteiger charge is -1.85. The molecule has 1 aromatic rings. The Morgan fingerprint density at radius 3 is 1.88 bits per heavy atom. The maximum Gasteiger partial charge on any atom is 0.269 e. The number of nitro groups is 1. The van der Waals surface area contributed by atoms with Crippen LogP contribution in [0.5, 0.6) is 0 Å². The van der Waals surface area contributed by atoms with E-state index >= 15 is 0 Å². The lowest BCUT2D eigenvalue weighted by Crippen LogP contribution is -1.84. The highest BCUT2D eigenvalue weighted by atomic mass is 16.6. The molecule has 0 saturated carbocycles. The number of non-ortho nitro benzene ring substituents is 1. The fraction of sp³-hybridized carbons (Fsp3) is 0.500. The fourth-order valence-corrected chi connectivity index (χ4v) is 1.06. The van der Waals surface area contributed by atoms with Gasteiger partial charge in [0.2, 0.25) is 0 Å². The van der Waals surface area contributed by atoms with Gasteiger partial charge >= 0.3 is 0 Å². The monoisotopic (exact) mass is 225 g/mol. The van der Waals surface area contributed by atoms with Crippen molar-refractivity contribution >= 4 is 5.69 Å². The standard InChI is InChI=1S/C6H5NO2.C4H8O.C2H6/c8-7(9)6-4-2-1-3-5-6;1-2-4-5-3-1;1-2/h1-5H;1-4H2;1-2H3. The Balaban J connectivity index is 0.000000272. The SMILES string of the molecule is C1CCOC1.CC.O=[N+]([O-])c1ccccc1. The largest absolute Gasteiger partial charge is 0.381 e. The summed E-state index contributed by atoms with van der Waals surface area (Å²) in [5.41, 5.74) is 0.137. The van der Waals surface area contributed by atoms with E-state index in [9.17, 15) is 10.1 Å². The summed E-state index contributed by atoms with van der Waals surface area (Å²) in [4.78, 5) is 9.59. The second-order valence-corrected chi connectivity index (χ2v) is 2.91. The van der Waals surface area contributed by atoms with Gasteiger partial charge in [-0.05, 0) is 12.8 Å². The van der Waals surface area contributed by atoms with Gasteiger partial charge in [0.25, 0.3) is 5.69 Å². The topological polar surface area (TPSA) is 52.4 Å². The van der Waals surface area contributed by atoms with Gasteiger partial charge in [-0.25, -0.2) is 0 Å². The fourth-order valence-electron chi connectivity index (χ4n) is 1.06. The quantitative estimate of drug-likeness (QED) is 0.543. The minimum Gasteiger partial charge on any atom is -0.381 e. The maximum atomic E-state index is 10.0. The number of ether oxygens (including phenoxy) is 1. The van der Waals surface area contributed by atoms with E-state index < -0.39 is 4.92 Å². The van der Waals surface area contributed by atoms with Gasteiger partial charge in [0.1, 0.15) is 0 Å². The molecule has 0 bridgehead atoms. The van der Waals surface area contributed by atoms with Crippen molar-refractivity contribution in [2.45, 2.75) is 26.7 Å². The number of para-hydroxylation sites is 1. The second-order valence-electron chi connectivity index (χ2n) is 2.91. The molecule has 0 aromatic heterocycles. The Morgan fingerprint density at radius 2 is 1.62 bits per heavy atom. The van der Waals surface area contributed by atoms with E-state index in [1.54, 1.807) is 18.2 Å². The van der Waals surface area contributed by atoms with E-state index in [2.05, 4.69) is 0 Å². The highest BCUT2D eigenvalue weighted by molar-refractivity contribution is 5.27. The lowest BCUT2D eigenvalue weighted by atomic mass is 10.3. The molecule has 1 aliphatic heterocycles. The van der Waals surface area contributed by atoms with Gasteiger partial charge in [0.15, 0.2) is 0 Å². The van der Waals surface area contributed by atoms with Crippen LogP contribution in [0.4, 0.5) is 5.69 Å². The molecule has 1 heterocycles. The van der Waals surface area contributed by atoms with Crippen molar-refractivity contribution in [3.05, 3.63) is 40.4 Å². The molecule has 1 fully saturated rings. The molecule has 1 aromatic carbocycles. The number of benzene rings is 1. The third-order valence-electron chi connectivity index (χ3n) is 1.79. The number of hydrogen-bond donors (Lipinski definition) is 0. The Bertz CT molecular complexity index is 263. The molecule has 1 aliphatic rings. The summed E-state index contributed by atoms with van der Waals surface area (Å²) in [7, 11) is 0. The summed E-state index contributed by atoms with van der Waals surface area (Å²) >= 11 is 0. The van der Waals surface area contributed by atoms with Gasteiger partial charge < -0.3 is 4.74 Å². The van der Waals surface area contributed by atoms with Crippen molar-refractivity contribution in [1.82, 2.24) is 0 Å². The molecule has 0 amide bonds. The highest BCUT2D eigenvalue weighted by Gasteiger charge is 1.98. The molecule has 0 atom stereocenters. The van der Waals surface area contributed by atoms with Crippen molar-refractivity contribution in [2.24, 2.45) is 0 Å². The van der Waals surface area contributed by atoms with Crippen molar-refractivity contribution < 1.29 is 9.66 Å². The molecule has 4 nitrogen and oxygen atoms in total. The first-order valence-corrected chi connectivity index (χ1v) is 5.58. The molecule has 1 saturated heterocycles. The summed E-state index contributed by atoms with van der Waals surface area (Å²) < 4.78 is 4.94. The van der Waals surface area contributed by atoms with Crippen LogP contribution in [0, 0.1) is 10.1 Å². The van der Waals surface area contributed by atoms with Crippen LogP contribution in [-0.4, -0.2) is 18.1 Å². The Hall–Kier alpha value is -1.42. The van der Waals surface area contributed by atoms with Crippen LogP contribution in [0.25, 0.3) is 0 Å². The molecule has 0 spiro atoms. The zero-order chi connectivity index (χ0) is 12.2. The molecule has 0 aliphatic carbocycles. The van der Waals surface area contributed by atoms with Crippen LogP contribution >= 0.6 is 0 Å². The predicted octanol–water partition coefficient (Wildman–Crippen LogP) is 3.42. The summed E-state index contributed by atoms with van der Waals surface area (Å²) in [6.07, 6.45) is 2.56. The Labute approximate surface area is 96.4 Å². The number of nitrogens with zero attached hydrogens (tertiary/aromatic N) is 1.